The van der Waals surface area contributed by atoms with Crippen LogP contribution >= 0.6 is 10.5 Å². The maximum Gasteiger partial charge on any atom is 0.175 e. The lowest BCUT2D eigenvalue weighted by molar-refractivity contribution is 0.0969. The number of hydrogen-bond acceptors (Lipinski definition) is 2. The van der Waals surface area contributed by atoms with Crippen molar-refractivity contribution in [2.24, 2.45) is 5.92 Å². The Morgan fingerprint density at radius 1 is 1.04 bits per heavy atom. The second-order valence-electron chi connectivity index (χ2n) is 5.70. The second kappa shape index (κ2) is 6.25. The lowest BCUT2D eigenvalue weighted by atomic mass is 9.91. The highest BCUT2D eigenvalue weighted by Gasteiger charge is 2.32. The Labute approximate surface area is 144 Å². The molecule has 4 rings (SSSR count). The van der Waals surface area contributed by atoms with Crippen LogP contribution in [-0.4, -0.2) is 17.3 Å². The number of ketones is 1. The van der Waals surface area contributed by atoms with Gasteiger partial charge in [-0.3, -0.25) is 4.79 Å². The quantitative estimate of drug-likeness (QED) is 0.748. The highest BCUT2D eigenvalue weighted by Crippen LogP contribution is 2.46. The Bertz CT molecular complexity index is 888. The van der Waals surface area contributed by atoms with Crippen LogP contribution in [0.2, 0.25) is 0 Å². The number of allylic oxidation sites excluding steroid dienone is 4. The molecule has 1 aliphatic carbocycles. The fraction of sp³-hybridized carbons (Fsp3) is 0.143. The van der Waals surface area contributed by atoms with Crippen molar-refractivity contribution in [2.75, 3.05) is 6.61 Å². The minimum atomic E-state index is -0.230. The summed E-state index contributed by atoms with van der Waals surface area (Å²) < 4.78 is 5.56. The minimum absolute atomic E-state index is 0.139. The first-order valence-corrected chi connectivity index (χ1v) is 9.34. The molecule has 0 bridgehead atoms. The minimum Gasteiger partial charge on any atom is -0.494 e. The molecule has 3 heteroatoms. The van der Waals surface area contributed by atoms with Gasteiger partial charge < -0.3 is 4.74 Å². The zero-order valence-electron chi connectivity index (χ0n) is 13.4. The number of carbonyl (C=O) groups is 1. The summed E-state index contributed by atoms with van der Waals surface area (Å²) in [6.07, 6.45) is 8.13. The third kappa shape index (κ3) is 2.45. The van der Waals surface area contributed by atoms with Crippen LogP contribution in [0.5, 0.6) is 5.75 Å². The first-order chi connectivity index (χ1) is 11.8. The van der Waals surface area contributed by atoms with Crippen LogP contribution in [0.4, 0.5) is 0 Å². The zero-order chi connectivity index (χ0) is 16.5. The maximum absolute atomic E-state index is 12.8. The molecule has 1 heterocycles. The highest BCUT2D eigenvalue weighted by molar-refractivity contribution is 8.16. The number of hydrogen-bond donors (Lipinski definition) is 0. The molecule has 2 aliphatic rings. The maximum atomic E-state index is 12.8. The molecule has 0 N–H and O–H groups in total. The van der Waals surface area contributed by atoms with E-state index in [9.17, 15) is 4.79 Å². The SMILES string of the molecule is CCOc1ccc(S2=C3C=CC=CC3C(=O)c3ccccc32)cc1. The van der Waals surface area contributed by atoms with E-state index < -0.39 is 0 Å². The van der Waals surface area contributed by atoms with Gasteiger partial charge >= 0.3 is 0 Å². The number of carbonyl (C=O) groups excluding carboxylic acids is 1. The van der Waals surface area contributed by atoms with E-state index in [-0.39, 0.29) is 22.2 Å². The topological polar surface area (TPSA) is 26.3 Å². The number of Topliss-reactive ketones (excluding diaryl/α,β-unsaturated/α-hetero) is 1. The van der Waals surface area contributed by atoms with Gasteiger partial charge in [0.1, 0.15) is 5.75 Å². The number of benzene rings is 2. The Balaban J connectivity index is 1.91. The second-order valence-corrected chi connectivity index (χ2v) is 7.69. The predicted octanol–water partition coefficient (Wildman–Crippen LogP) is 4.88. The van der Waals surface area contributed by atoms with Crippen molar-refractivity contribution in [2.45, 2.75) is 16.7 Å². The van der Waals surface area contributed by atoms with Crippen LogP contribution in [0.3, 0.4) is 0 Å². The summed E-state index contributed by atoms with van der Waals surface area (Å²) in [7, 11) is -0.230. The summed E-state index contributed by atoms with van der Waals surface area (Å²) in [5.74, 6) is 0.947. The van der Waals surface area contributed by atoms with E-state index in [1.807, 2.05) is 55.5 Å². The van der Waals surface area contributed by atoms with Gasteiger partial charge in [0.25, 0.3) is 0 Å². The molecule has 2 atom stereocenters. The van der Waals surface area contributed by atoms with E-state index in [0.717, 1.165) is 16.2 Å². The highest BCUT2D eigenvalue weighted by atomic mass is 32.2. The molecule has 0 saturated heterocycles. The van der Waals surface area contributed by atoms with Crippen molar-refractivity contribution in [3.63, 3.8) is 0 Å². The fourth-order valence-corrected chi connectivity index (χ4v) is 5.63. The molecule has 0 fully saturated rings. The molecule has 2 aromatic carbocycles. The van der Waals surface area contributed by atoms with Crippen molar-refractivity contribution >= 4 is 21.1 Å². The summed E-state index contributed by atoms with van der Waals surface area (Å²) in [6.45, 7) is 2.65. The largest absolute Gasteiger partial charge is 0.494 e. The summed E-state index contributed by atoms with van der Waals surface area (Å²) in [5, 5.41) is 0. The van der Waals surface area contributed by atoms with E-state index >= 15 is 0 Å². The molecular weight excluding hydrogens is 316 g/mol. The smallest absolute Gasteiger partial charge is 0.175 e. The zero-order valence-corrected chi connectivity index (χ0v) is 14.3. The standard InChI is InChI=1S/C21H18O2S/c1-2-23-15-11-13-16(14-12-15)24-19-9-5-3-7-17(19)21(22)18-8-4-6-10-20(18)24/h3-14,17H,2H2,1H3. The molecule has 0 spiro atoms. The predicted molar refractivity (Wildman–Crippen MR) is 99.3 cm³/mol. The van der Waals surface area contributed by atoms with Crippen LogP contribution in [0.15, 0.2) is 82.6 Å². The molecule has 0 saturated carbocycles. The van der Waals surface area contributed by atoms with E-state index in [4.69, 9.17) is 4.74 Å². The average molecular weight is 334 g/mol. The van der Waals surface area contributed by atoms with Crippen LogP contribution < -0.4 is 4.74 Å². The molecule has 2 aromatic rings. The van der Waals surface area contributed by atoms with E-state index in [1.54, 1.807) is 0 Å². The summed E-state index contributed by atoms with van der Waals surface area (Å²) in [4.78, 5) is 16.4. The van der Waals surface area contributed by atoms with Crippen LogP contribution in [0.1, 0.15) is 17.3 Å². The fourth-order valence-electron chi connectivity index (χ4n) is 3.18. The van der Waals surface area contributed by atoms with Gasteiger partial charge in [-0.1, -0.05) is 42.5 Å². The van der Waals surface area contributed by atoms with Crippen LogP contribution in [0, 0.1) is 5.92 Å². The van der Waals surface area contributed by atoms with Gasteiger partial charge in [-0.2, -0.15) is 0 Å². The van der Waals surface area contributed by atoms with Crippen molar-refractivity contribution in [1.29, 1.82) is 0 Å². The van der Waals surface area contributed by atoms with Crippen LogP contribution in [0.25, 0.3) is 0 Å². The monoisotopic (exact) mass is 334 g/mol. The van der Waals surface area contributed by atoms with Gasteiger partial charge in [0.2, 0.25) is 0 Å². The van der Waals surface area contributed by atoms with Gasteiger partial charge in [-0.25, -0.2) is 0 Å². The summed E-state index contributed by atoms with van der Waals surface area (Å²) >= 11 is 0. The molecule has 2 nitrogen and oxygen atoms in total. The molecule has 0 amide bonds. The van der Waals surface area contributed by atoms with Crippen molar-refractivity contribution in [3.8, 4) is 5.75 Å². The van der Waals surface area contributed by atoms with Crippen LogP contribution in [-0.2, 0) is 0 Å². The third-order valence-corrected chi connectivity index (χ3v) is 6.64. The van der Waals surface area contributed by atoms with Gasteiger partial charge in [-0.15, -0.1) is 10.5 Å². The first-order valence-electron chi connectivity index (χ1n) is 8.11. The molecule has 24 heavy (non-hydrogen) atoms. The molecule has 0 aromatic heterocycles. The van der Waals surface area contributed by atoms with Gasteiger partial charge in [0.05, 0.1) is 12.5 Å². The van der Waals surface area contributed by atoms with Crippen molar-refractivity contribution in [1.82, 2.24) is 0 Å². The molecular formula is C21H18O2S. The van der Waals surface area contributed by atoms with Crippen molar-refractivity contribution in [3.05, 3.63) is 78.4 Å². The molecule has 120 valence electrons. The number of fused-ring (bicyclic) bond motifs is 2. The summed E-state index contributed by atoms with van der Waals surface area (Å²) in [6, 6.07) is 16.3. The molecule has 1 aliphatic heterocycles. The lowest BCUT2D eigenvalue weighted by Crippen LogP contribution is -2.27. The van der Waals surface area contributed by atoms with Gasteiger partial charge in [0.15, 0.2) is 5.78 Å². The van der Waals surface area contributed by atoms with Crippen molar-refractivity contribution < 1.29 is 9.53 Å². The molecule has 2 unspecified atom stereocenters. The van der Waals surface area contributed by atoms with E-state index in [1.165, 1.54) is 9.76 Å². The van der Waals surface area contributed by atoms with Gasteiger partial charge in [0, 0.05) is 15.4 Å². The Kier molecular flexibility index (Phi) is 3.95. The summed E-state index contributed by atoms with van der Waals surface area (Å²) in [5.41, 5.74) is 0.850. The average Bonchev–Trinajstić information content (AvgIpc) is 2.64. The number of rotatable bonds is 3. The number of ether oxygens (including phenoxy) is 1. The Hall–Kier alpha value is -2.39. The Morgan fingerprint density at radius 3 is 2.62 bits per heavy atom. The molecule has 0 radical (unpaired) electrons. The third-order valence-electron chi connectivity index (χ3n) is 4.24. The Morgan fingerprint density at radius 2 is 1.83 bits per heavy atom. The lowest BCUT2D eigenvalue weighted by Gasteiger charge is -2.28. The van der Waals surface area contributed by atoms with Gasteiger partial charge in [-0.05, 0) is 42.1 Å². The van der Waals surface area contributed by atoms with E-state index in [0.29, 0.717) is 6.61 Å². The first kappa shape index (κ1) is 15.2. The van der Waals surface area contributed by atoms with E-state index in [2.05, 4.69) is 24.3 Å². The normalized spacial score (nSPS) is 21.4.